The molecule has 0 fully saturated rings. The van der Waals surface area contributed by atoms with Crippen molar-refractivity contribution in [3.05, 3.63) is 247 Å². The zero-order valence-corrected chi connectivity index (χ0v) is 34.6. The van der Waals surface area contributed by atoms with Crippen LogP contribution < -0.4 is 4.90 Å². The van der Waals surface area contributed by atoms with E-state index in [-0.39, 0.29) is 0 Å². The molecular weight excluding hydrogens is 779 g/mol. The van der Waals surface area contributed by atoms with Gasteiger partial charge in [-0.2, -0.15) is 0 Å². The van der Waals surface area contributed by atoms with Gasteiger partial charge in [-0.1, -0.05) is 164 Å². The zero-order valence-electron chi connectivity index (χ0n) is 34.6. The van der Waals surface area contributed by atoms with Gasteiger partial charge in [-0.15, -0.1) is 0 Å². The molecule has 1 spiro atoms. The zero-order chi connectivity index (χ0) is 41.9. The summed E-state index contributed by atoms with van der Waals surface area (Å²) < 4.78 is 12.8. The van der Waals surface area contributed by atoms with Crippen LogP contribution in [0.3, 0.4) is 0 Å². The molecule has 2 aliphatic carbocycles. The maximum atomic E-state index is 6.46. The Hall–Kier alpha value is -8.40. The summed E-state index contributed by atoms with van der Waals surface area (Å²) in [7, 11) is 0. The molecule has 14 rings (SSSR count). The summed E-state index contributed by atoms with van der Waals surface area (Å²) in [6.45, 7) is 0. The van der Waals surface area contributed by atoms with Crippen molar-refractivity contribution in [2.75, 3.05) is 4.90 Å². The average Bonchev–Trinajstić information content (AvgIpc) is 4.09. The van der Waals surface area contributed by atoms with Crippen LogP contribution in [-0.2, 0) is 5.41 Å². The monoisotopic (exact) mass is 815 g/mol. The predicted molar refractivity (Wildman–Crippen MR) is 263 cm³/mol. The Morgan fingerprint density at radius 1 is 0.297 bits per heavy atom. The summed E-state index contributed by atoms with van der Waals surface area (Å²) >= 11 is 0. The largest absolute Gasteiger partial charge is 0.456 e. The summed E-state index contributed by atoms with van der Waals surface area (Å²) in [6, 6.07) is 81.6. The number of furan rings is 2. The average molecular weight is 816 g/mol. The van der Waals surface area contributed by atoms with Crippen LogP contribution in [0.25, 0.3) is 88.4 Å². The Morgan fingerprint density at radius 3 is 1.52 bits per heavy atom. The van der Waals surface area contributed by atoms with E-state index in [2.05, 4.69) is 211 Å². The number of nitrogens with zero attached hydrogens (tertiary/aromatic N) is 1. The van der Waals surface area contributed by atoms with Crippen molar-refractivity contribution in [3.8, 4) is 44.5 Å². The van der Waals surface area contributed by atoms with Crippen molar-refractivity contribution in [3.63, 3.8) is 0 Å². The first-order valence-electron chi connectivity index (χ1n) is 22.0. The minimum absolute atomic E-state index is 0.471. The smallest absolute Gasteiger partial charge is 0.136 e. The van der Waals surface area contributed by atoms with E-state index in [0.29, 0.717) is 0 Å². The lowest BCUT2D eigenvalue weighted by Crippen LogP contribution is -2.26. The van der Waals surface area contributed by atoms with Crippen molar-refractivity contribution in [2.45, 2.75) is 5.41 Å². The lowest BCUT2D eigenvalue weighted by molar-refractivity contribution is 0.668. The van der Waals surface area contributed by atoms with Crippen LogP contribution in [0, 0.1) is 0 Å². The molecule has 0 unspecified atom stereocenters. The molecular formula is C61H37NO2. The molecule has 3 heteroatoms. The molecule has 2 heterocycles. The van der Waals surface area contributed by atoms with E-state index in [4.69, 9.17) is 8.83 Å². The van der Waals surface area contributed by atoms with Crippen LogP contribution in [0.1, 0.15) is 22.3 Å². The SMILES string of the molecule is c1ccc(N(c2ccc(-c3ccc4c(c3)oc3ccccc34)cc2)c2ccc3c(c2)C2(c4ccccc4-c4ccccc42)c2ccccc2-3)c(-c2cccc3oc4ccccc4c23)c1. The first-order chi connectivity index (χ1) is 31.7. The number of para-hydroxylation sites is 3. The molecule has 0 saturated carbocycles. The molecule has 10 aromatic carbocycles. The fourth-order valence-electron chi connectivity index (χ4n) is 11.3. The van der Waals surface area contributed by atoms with Crippen LogP contribution >= 0.6 is 0 Å². The molecule has 64 heavy (non-hydrogen) atoms. The van der Waals surface area contributed by atoms with Gasteiger partial charge in [0.25, 0.3) is 0 Å². The number of benzene rings is 10. The summed E-state index contributed by atoms with van der Waals surface area (Å²) in [5.41, 5.74) is 21.2. The molecule has 3 nitrogen and oxygen atoms in total. The summed E-state index contributed by atoms with van der Waals surface area (Å²) in [5, 5.41) is 4.49. The molecule has 0 N–H and O–H groups in total. The highest BCUT2D eigenvalue weighted by molar-refractivity contribution is 6.14. The third kappa shape index (κ3) is 4.81. The van der Waals surface area contributed by atoms with Gasteiger partial charge in [0.2, 0.25) is 0 Å². The van der Waals surface area contributed by atoms with Gasteiger partial charge in [0.15, 0.2) is 0 Å². The number of fused-ring (bicyclic) bond motifs is 16. The molecule has 0 bridgehead atoms. The Bertz CT molecular complexity index is 3800. The van der Waals surface area contributed by atoms with Gasteiger partial charge in [-0.05, 0) is 122 Å². The van der Waals surface area contributed by atoms with Crippen molar-refractivity contribution >= 4 is 60.9 Å². The van der Waals surface area contributed by atoms with E-state index in [1.807, 2.05) is 18.2 Å². The fraction of sp³-hybridized carbons (Fsp3) is 0.0164. The van der Waals surface area contributed by atoms with E-state index < -0.39 is 5.41 Å². The molecule has 298 valence electrons. The Morgan fingerprint density at radius 2 is 0.797 bits per heavy atom. The van der Waals surface area contributed by atoms with Crippen LogP contribution in [0.5, 0.6) is 0 Å². The minimum atomic E-state index is -0.471. The molecule has 12 aromatic rings. The first-order valence-corrected chi connectivity index (χ1v) is 22.0. The van der Waals surface area contributed by atoms with E-state index >= 15 is 0 Å². The molecule has 0 atom stereocenters. The normalized spacial score (nSPS) is 13.1. The number of hydrogen-bond donors (Lipinski definition) is 0. The van der Waals surface area contributed by atoms with Crippen molar-refractivity contribution in [1.29, 1.82) is 0 Å². The van der Waals surface area contributed by atoms with Crippen LogP contribution in [0.2, 0.25) is 0 Å². The van der Waals surface area contributed by atoms with Crippen LogP contribution in [-0.4, -0.2) is 0 Å². The van der Waals surface area contributed by atoms with E-state index in [1.54, 1.807) is 0 Å². The second-order valence-corrected chi connectivity index (χ2v) is 17.1. The van der Waals surface area contributed by atoms with Gasteiger partial charge in [0, 0.05) is 38.5 Å². The maximum absolute atomic E-state index is 6.46. The lowest BCUT2D eigenvalue weighted by atomic mass is 9.70. The third-order valence-corrected chi connectivity index (χ3v) is 13.9. The van der Waals surface area contributed by atoms with E-state index in [0.717, 1.165) is 83.2 Å². The molecule has 0 amide bonds. The number of rotatable bonds is 5. The second kappa shape index (κ2) is 13.3. The topological polar surface area (TPSA) is 29.5 Å². The van der Waals surface area contributed by atoms with Crippen molar-refractivity contribution in [1.82, 2.24) is 0 Å². The summed E-state index contributed by atoms with van der Waals surface area (Å²) in [4.78, 5) is 2.45. The second-order valence-electron chi connectivity index (χ2n) is 17.1. The Labute approximate surface area is 369 Å². The van der Waals surface area contributed by atoms with Gasteiger partial charge < -0.3 is 13.7 Å². The van der Waals surface area contributed by atoms with Crippen LogP contribution in [0.4, 0.5) is 17.1 Å². The summed E-state index contributed by atoms with van der Waals surface area (Å²) in [5.74, 6) is 0. The van der Waals surface area contributed by atoms with Gasteiger partial charge in [-0.3, -0.25) is 0 Å². The number of hydrogen-bond acceptors (Lipinski definition) is 3. The van der Waals surface area contributed by atoms with Gasteiger partial charge in [-0.25, -0.2) is 0 Å². The van der Waals surface area contributed by atoms with Gasteiger partial charge in [0.1, 0.15) is 22.3 Å². The Balaban J connectivity index is 0.999. The predicted octanol–water partition coefficient (Wildman–Crippen LogP) is 16.6. The first kappa shape index (κ1) is 35.2. The molecule has 0 aliphatic heterocycles. The molecule has 2 aliphatic rings. The highest BCUT2D eigenvalue weighted by atomic mass is 16.3. The number of anilines is 3. The Kier molecular flexibility index (Phi) is 7.32. The highest BCUT2D eigenvalue weighted by Crippen LogP contribution is 2.63. The lowest BCUT2D eigenvalue weighted by Gasteiger charge is -2.32. The quantitative estimate of drug-likeness (QED) is 0.173. The van der Waals surface area contributed by atoms with Crippen molar-refractivity contribution < 1.29 is 8.83 Å². The maximum Gasteiger partial charge on any atom is 0.136 e. The third-order valence-electron chi connectivity index (χ3n) is 13.9. The molecule has 2 aromatic heterocycles. The molecule has 0 saturated heterocycles. The van der Waals surface area contributed by atoms with Crippen LogP contribution in [0.15, 0.2) is 233 Å². The highest BCUT2D eigenvalue weighted by Gasteiger charge is 2.51. The molecule has 0 radical (unpaired) electrons. The summed E-state index contributed by atoms with van der Waals surface area (Å²) in [6.07, 6.45) is 0. The standard InChI is InChI=1S/C61H37NO2/c1-7-21-51-42(14-1)43-15-2-8-22-52(43)61(51)53-23-9-3-16-44(53)45-35-33-41(37-54(45)61)62(40-31-28-38(29-32-40)39-30-34-48-47-18-5-11-25-56(47)64-59(48)36-39)55-24-10-4-17-46(55)49-20-13-27-58-60(49)50-19-6-12-26-57(50)63-58/h1-37H. The fourth-order valence-corrected chi connectivity index (χ4v) is 11.3. The van der Waals surface area contributed by atoms with Gasteiger partial charge in [0.05, 0.1) is 11.1 Å². The minimum Gasteiger partial charge on any atom is -0.456 e. The van der Waals surface area contributed by atoms with E-state index in [1.165, 1.54) is 44.5 Å². The van der Waals surface area contributed by atoms with Crippen molar-refractivity contribution in [2.24, 2.45) is 0 Å². The van der Waals surface area contributed by atoms with Gasteiger partial charge >= 0.3 is 0 Å². The van der Waals surface area contributed by atoms with E-state index in [9.17, 15) is 0 Å².